The normalized spacial score (nSPS) is 25.0. The first-order valence-electron chi connectivity index (χ1n) is 8.74. The van der Waals surface area contributed by atoms with Crippen LogP contribution in [-0.2, 0) is 9.84 Å². The Bertz CT molecular complexity index is 955. The fourth-order valence-corrected chi connectivity index (χ4v) is 4.28. The number of nitrogens with zero attached hydrogens (tertiary/aromatic N) is 2. The van der Waals surface area contributed by atoms with E-state index in [-0.39, 0.29) is 34.4 Å². The number of ether oxygens (including phenoxy) is 1. The maximum atomic E-state index is 13.0. The molecule has 10 heteroatoms. The largest absolute Gasteiger partial charge is 0.480 e. The van der Waals surface area contributed by atoms with E-state index in [4.69, 9.17) is 4.74 Å². The van der Waals surface area contributed by atoms with Gasteiger partial charge in [-0.15, -0.1) is 0 Å². The summed E-state index contributed by atoms with van der Waals surface area (Å²) in [4.78, 5) is 14.2. The molecule has 6 nitrogen and oxygen atoms in total. The van der Waals surface area contributed by atoms with Crippen LogP contribution >= 0.6 is 0 Å². The smallest absolute Gasteiger partial charge is 0.425 e. The lowest BCUT2D eigenvalue weighted by Crippen LogP contribution is -2.34. The second kappa shape index (κ2) is 6.65. The summed E-state index contributed by atoms with van der Waals surface area (Å²) in [6.07, 6.45) is -6.13. The fourth-order valence-electron chi connectivity index (χ4n) is 3.38. The summed E-state index contributed by atoms with van der Waals surface area (Å²) in [5, 5.41) is 9.27. The van der Waals surface area contributed by atoms with E-state index in [0.29, 0.717) is 13.0 Å². The van der Waals surface area contributed by atoms with Crippen LogP contribution in [0.1, 0.15) is 30.6 Å². The second-order valence-corrected chi connectivity index (χ2v) is 9.50. The maximum Gasteiger partial charge on any atom is 0.425 e. The number of alkyl halides is 3. The van der Waals surface area contributed by atoms with Gasteiger partial charge in [-0.05, 0) is 37.5 Å². The molecule has 1 aromatic rings. The molecule has 152 valence electrons. The van der Waals surface area contributed by atoms with Gasteiger partial charge in [-0.3, -0.25) is 4.79 Å². The molecule has 0 N–H and O–H groups in total. The van der Waals surface area contributed by atoms with Gasteiger partial charge in [0.2, 0.25) is 0 Å². The zero-order valence-electron chi connectivity index (χ0n) is 15.3. The van der Waals surface area contributed by atoms with Gasteiger partial charge in [-0.2, -0.15) is 18.4 Å². The molecule has 3 rings (SSSR count). The molecule has 1 aliphatic heterocycles. The maximum absolute atomic E-state index is 13.0. The van der Waals surface area contributed by atoms with Gasteiger partial charge in [0.05, 0.1) is 27.7 Å². The SMILES string of the molecule is CCS(=O)(=O)c1ccc(O[C@@H](C)C(F)(F)F)c(C(=O)N2CC3CC3(C#N)C2)c1. The van der Waals surface area contributed by atoms with Crippen LogP contribution in [0.4, 0.5) is 13.2 Å². The summed E-state index contributed by atoms with van der Waals surface area (Å²) >= 11 is 0. The molecule has 3 atom stereocenters. The monoisotopic (exact) mass is 416 g/mol. The van der Waals surface area contributed by atoms with Crippen LogP contribution < -0.4 is 4.74 Å². The summed E-state index contributed by atoms with van der Waals surface area (Å²) < 4.78 is 67.9. The molecule has 0 radical (unpaired) electrons. The average molecular weight is 416 g/mol. The van der Waals surface area contributed by atoms with Crippen molar-refractivity contribution in [2.75, 3.05) is 18.8 Å². The summed E-state index contributed by atoms with van der Waals surface area (Å²) in [5.41, 5.74) is -0.844. The van der Waals surface area contributed by atoms with E-state index < -0.39 is 33.4 Å². The number of hydrogen-bond donors (Lipinski definition) is 0. The summed E-state index contributed by atoms with van der Waals surface area (Å²) in [5.74, 6) is -1.15. The van der Waals surface area contributed by atoms with Crippen molar-refractivity contribution in [2.45, 2.75) is 37.4 Å². The van der Waals surface area contributed by atoms with Gasteiger partial charge in [-0.1, -0.05) is 6.92 Å². The number of fused-ring (bicyclic) bond motifs is 1. The predicted molar refractivity (Wildman–Crippen MR) is 92.4 cm³/mol. The number of piperidine rings is 1. The Morgan fingerprint density at radius 1 is 1.46 bits per heavy atom. The van der Waals surface area contributed by atoms with Crippen LogP contribution in [0, 0.1) is 22.7 Å². The number of carbonyl (C=O) groups excluding carboxylic acids is 1. The molecule has 1 aliphatic carbocycles. The lowest BCUT2D eigenvalue weighted by molar-refractivity contribution is -0.189. The quantitative estimate of drug-likeness (QED) is 0.737. The minimum absolute atomic E-state index is 0.0440. The molecular formula is C18H19F3N2O4S. The Labute approximate surface area is 160 Å². The van der Waals surface area contributed by atoms with Gasteiger partial charge >= 0.3 is 6.18 Å². The number of carbonyl (C=O) groups is 1. The third-order valence-electron chi connectivity index (χ3n) is 5.34. The van der Waals surface area contributed by atoms with Crippen molar-refractivity contribution < 1.29 is 31.1 Å². The van der Waals surface area contributed by atoms with Gasteiger partial charge in [0.1, 0.15) is 5.75 Å². The molecule has 2 fully saturated rings. The summed E-state index contributed by atoms with van der Waals surface area (Å²) in [6, 6.07) is 5.46. The molecule has 0 spiro atoms. The minimum Gasteiger partial charge on any atom is -0.480 e. The molecule has 1 amide bonds. The number of rotatable bonds is 5. The number of sulfone groups is 1. The van der Waals surface area contributed by atoms with E-state index in [2.05, 4.69) is 6.07 Å². The lowest BCUT2D eigenvalue weighted by atomic mass is 10.1. The molecule has 1 aromatic carbocycles. The standard InChI is InChI=1S/C18H19F3N2O4S/c1-3-28(25,26)13-4-5-15(27-11(2)18(19,20)21)14(6-13)16(24)23-8-12-7-17(12,9-22)10-23/h4-6,11-12H,3,7-8,10H2,1-2H3/t11-,12?,17?/m0/s1. The highest BCUT2D eigenvalue weighted by Gasteiger charge is 2.61. The van der Waals surface area contributed by atoms with Crippen LogP contribution in [0.25, 0.3) is 0 Å². The first kappa shape index (κ1) is 20.5. The number of amides is 1. The van der Waals surface area contributed by atoms with Gasteiger partial charge in [-0.25, -0.2) is 8.42 Å². The molecular weight excluding hydrogens is 397 g/mol. The minimum atomic E-state index is -4.64. The van der Waals surface area contributed by atoms with Crippen LogP contribution in [0.15, 0.2) is 23.1 Å². The van der Waals surface area contributed by atoms with Crippen molar-refractivity contribution in [3.63, 3.8) is 0 Å². The lowest BCUT2D eigenvalue weighted by Gasteiger charge is -2.23. The molecule has 0 bridgehead atoms. The Hall–Kier alpha value is -2.28. The molecule has 2 unspecified atom stereocenters. The van der Waals surface area contributed by atoms with E-state index in [1.54, 1.807) is 0 Å². The number of nitriles is 1. The first-order chi connectivity index (χ1) is 12.9. The Kier molecular flexibility index (Phi) is 4.86. The molecule has 1 saturated carbocycles. The third-order valence-corrected chi connectivity index (χ3v) is 7.07. The number of benzene rings is 1. The topological polar surface area (TPSA) is 87.5 Å². The fraction of sp³-hybridized carbons (Fsp3) is 0.556. The zero-order chi connectivity index (χ0) is 20.9. The van der Waals surface area contributed by atoms with Crippen molar-refractivity contribution in [1.82, 2.24) is 4.90 Å². The first-order valence-corrected chi connectivity index (χ1v) is 10.4. The number of hydrogen-bond acceptors (Lipinski definition) is 5. The van der Waals surface area contributed by atoms with Crippen LogP contribution in [-0.4, -0.2) is 50.3 Å². The van der Waals surface area contributed by atoms with Crippen LogP contribution in [0.2, 0.25) is 0 Å². The van der Waals surface area contributed by atoms with E-state index in [1.165, 1.54) is 11.8 Å². The summed E-state index contributed by atoms with van der Waals surface area (Å²) in [7, 11) is -3.67. The number of halogens is 3. The molecule has 0 aromatic heterocycles. The molecule has 1 heterocycles. The van der Waals surface area contributed by atoms with E-state index in [0.717, 1.165) is 25.1 Å². The van der Waals surface area contributed by atoms with E-state index in [1.807, 2.05) is 0 Å². The van der Waals surface area contributed by atoms with Crippen molar-refractivity contribution in [1.29, 1.82) is 5.26 Å². The van der Waals surface area contributed by atoms with Crippen molar-refractivity contribution >= 4 is 15.7 Å². The van der Waals surface area contributed by atoms with Crippen LogP contribution in [0.5, 0.6) is 5.75 Å². The van der Waals surface area contributed by atoms with Crippen molar-refractivity contribution in [3.05, 3.63) is 23.8 Å². The highest BCUT2D eigenvalue weighted by atomic mass is 32.2. The highest BCUT2D eigenvalue weighted by molar-refractivity contribution is 7.91. The highest BCUT2D eigenvalue weighted by Crippen LogP contribution is 2.57. The van der Waals surface area contributed by atoms with Crippen molar-refractivity contribution in [2.24, 2.45) is 11.3 Å². The Balaban J connectivity index is 1.97. The molecule has 1 saturated heterocycles. The third kappa shape index (κ3) is 3.55. The van der Waals surface area contributed by atoms with Gasteiger partial charge in [0.15, 0.2) is 15.9 Å². The zero-order valence-corrected chi connectivity index (χ0v) is 16.1. The van der Waals surface area contributed by atoms with Crippen molar-refractivity contribution in [3.8, 4) is 11.8 Å². The average Bonchev–Trinajstić information content (AvgIpc) is 3.21. The predicted octanol–water partition coefficient (Wildman–Crippen LogP) is 2.80. The molecule has 28 heavy (non-hydrogen) atoms. The summed E-state index contributed by atoms with van der Waals surface area (Å²) in [6.45, 7) is 2.72. The molecule has 2 aliphatic rings. The Morgan fingerprint density at radius 3 is 2.68 bits per heavy atom. The van der Waals surface area contributed by atoms with Gasteiger partial charge in [0, 0.05) is 13.1 Å². The second-order valence-electron chi connectivity index (χ2n) is 7.22. The van der Waals surface area contributed by atoms with E-state index in [9.17, 15) is 31.6 Å². The number of likely N-dealkylation sites (tertiary alicyclic amines) is 1. The van der Waals surface area contributed by atoms with Gasteiger partial charge in [0.25, 0.3) is 5.91 Å². The van der Waals surface area contributed by atoms with Crippen LogP contribution in [0.3, 0.4) is 0 Å². The Morgan fingerprint density at radius 2 is 2.14 bits per heavy atom. The van der Waals surface area contributed by atoms with E-state index >= 15 is 0 Å². The van der Waals surface area contributed by atoms with Gasteiger partial charge < -0.3 is 9.64 Å².